The molecule has 0 spiro atoms. The summed E-state index contributed by atoms with van der Waals surface area (Å²) in [6.45, 7) is 3.45. The molecule has 0 fully saturated rings. The number of halogens is 1. The molecule has 2 amide bonds. The van der Waals surface area contributed by atoms with Gasteiger partial charge in [-0.15, -0.1) is 0 Å². The van der Waals surface area contributed by atoms with Gasteiger partial charge < -0.3 is 19.7 Å². The molecule has 1 atom stereocenters. The Morgan fingerprint density at radius 2 is 1.62 bits per heavy atom. The molecule has 0 saturated carbocycles. The predicted molar refractivity (Wildman–Crippen MR) is 155 cm³/mol. The van der Waals surface area contributed by atoms with Crippen LogP contribution in [0.5, 0.6) is 11.5 Å². The number of benzene rings is 3. The number of nitrogens with one attached hydrogen (secondary N) is 1. The molecule has 0 heterocycles. The molecule has 3 aromatic rings. The van der Waals surface area contributed by atoms with Crippen LogP contribution in [0.1, 0.15) is 25.8 Å². The molecule has 9 nitrogen and oxygen atoms in total. The number of ether oxygens (including phenoxy) is 2. The van der Waals surface area contributed by atoms with Gasteiger partial charge in [0.2, 0.25) is 11.8 Å². The van der Waals surface area contributed by atoms with Crippen molar-refractivity contribution in [1.82, 2.24) is 10.2 Å². The highest BCUT2D eigenvalue weighted by molar-refractivity contribution is 7.92. The Labute approximate surface area is 240 Å². The van der Waals surface area contributed by atoms with Crippen molar-refractivity contribution in [3.05, 3.63) is 83.4 Å². The summed E-state index contributed by atoms with van der Waals surface area (Å²) < 4.78 is 39.8. The Morgan fingerprint density at radius 1 is 0.950 bits per heavy atom. The third-order valence-electron chi connectivity index (χ3n) is 6.27. The first-order valence-corrected chi connectivity index (χ1v) is 14.6. The number of amides is 2. The maximum Gasteiger partial charge on any atom is 0.264 e. The molecule has 40 heavy (non-hydrogen) atoms. The first kappa shape index (κ1) is 30.8. The highest BCUT2D eigenvalue weighted by Gasteiger charge is 2.34. The molecule has 0 aliphatic rings. The average Bonchev–Trinajstić information content (AvgIpc) is 2.96. The number of sulfonamides is 1. The van der Waals surface area contributed by atoms with Crippen LogP contribution in [0.4, 0.5) is 5.69 Å². The van der Waals surface area contributed by atoms with Crippen molar-refractivity contribution in [3.63, 3.8) is 0 Å². The number of carbonyl (C=O) groups is 2. The smallest absolute Gasteiger partial charge is 0.264 e. The highest BCUT2D eigenvalue weighted by Crippen LogP contribution is 2.36. The highest BCUT2D eigenvalue weighted by atomic mass is 35.5. The number of hydrogen-bond acceptors (Lipinski definition) is 6. The molecule has 0 aliphatic heterocycles. The fraction of sp³-hybridized carbons (Fsp3) is 0.310. The van der Waals surface area contributed by atoms with E-state index in [1.54, 1.807) is 68.4 Å². The van der Waals surface area contributed by atoms with Gasteiger partial charge in [0.05, 0.1) is 24.8 Å². The quantitative estimate of drug-likeness (QED) is 0.316. The van der Waals surface area contributed by atoms with Gasteiger partial charge in [-0.3, -0.25) is 13.9 Å². The van der Waals surface area contributed by atoms with Gasteiger partial charge in [-0.05, 0) is 55.3 Å². The van der Waals surface area contributed by atoms with Crippen molar-refractivity contribution in [2.24, 2.45) is 0 Å². The number of likely N-dealkylation sites (N-methyl/N-ethyl adjacent to an activating group) is 1. The first-order valence-electron chi connectivity index (χ1n) is 12.8. The van der Waals surface area contributed by atoms with E-state index in [0.29, 0.717) is 23.7 Å². The monoisotopic (exact) mass is 587 g/mol. The molecule has 0 bridgehead atoms. The summed E-state index contributed by atoms with van der Waals surface area (Å²) in [5, 5.41) is 3.31. The Kier molecular flexibility index (Phi) is 10.8. The topological polar surface area (TPSA) is 105 Å². The minimum absolute atomic E-state index is 0.00677. The van der Waals surface area contributed by atoms with Gasteiger partial charge in [0, 0.05) is 24.2 Å². The molecule has 1 unspecified atom stereocenters. The SMILES string of the molecule is CCNC(=O)C(CC)N(Cc1ccc(Cl)cc1)C(=O)CN(c1cc(OC)ccc1OC)S(=O)(=O)c1ccccc1. The molecule has 0 aromatic heterocycles. The van der Waals surface area contributed by atoms with Crippen LogP contribution in [0.15, 0.2) is 77.7 Å². The first-order chi connectivity index (χ1) is 19.2. The second-order valence-corrected chi connectivity index (χ2v) is 11.1. The summed E-state index contributed by atoms with van der Waals surface area (Å²) in [4.78, 5) is 28.5. The van der Waals surface area contributed by atoms with Crippen LogP contribution in [0.3, 0.4) is 0 Å². The summed E-state index contributed by atoms with van der Waals surface area (Å²) in [7, 11) is -1.38. The molecule has 3 aromatic carbocycles. The Hall–Kier alpha value is -3.76. The summed E-state index contributed by atoms with van der Waals surface area (Å²) in [6.07, 6.45) is 0.319. The van der Waals surface area contributed by atoms with Crippen molar-refractivity contribution < 1.29 is 27.5 Å². The summed E-state index contributed by atoms with van der Waals surface area (Å²) >= 11 is 6.05. The summed E-state index contributed by atoms with van der Waals surface area (Å²) in [6, 6.07) is 18.6. The molecular formula is C29H34ClN3O6S. The number of methoxy groups -OCH3 is 2. The van der Waals surface area contributed by atoms with Gasteiger partial charge in [-0.1, -0.05) is 48.9 Å². The maximum atomic E-state index is 14.1. The van der Waals surface area contributed by atoms with E-state index in [-0.39, 0.29) is 28.8 Å². The Bertz CT molecular complexity index is 1400. The lowest BCUT2D eigenvalue weighted by Crippen LogP contribution is -2.52. The van der Waals surface area contributed by atoms with Crippen LogP contribution in [-0.2, 0) is 26.2 Å². The van der Waals surface area contributed by atoms with E-state index in [2.05, 4.69) is 5.32 Å². The van der Waals surface area contributed by atoms with Crippen LogP contribution < -0.4 is 19.1 Å². The normalized spacial score (nSPS) is 11.8. The van der Waals surface area contributed by atoms with Crippen LogP contribution >= 0.6 is 11.6 Å². The minimum Gasteiger partial charge on any atom is -0.497 e. The molecular weight excluding hydrogens is 554 g/mol. The van der Waals surface area contributed by atoms with Gasteiger partial charge in [0.15, 0.2) is 0 Å². The fourth-order valence-corrected chi connectivity index (χ4v) is 5.79. The van der Waals surface area contributed by atoms with E-state index in [4.69, 9.17) is 21.1 Å². The Morgan fingerprint density at radius 3 is 2.20 bits per heavy atom. The number of hydrogen-bond donors (Lipinski definition) is 1. The van der Waals surface area contributed by atoms with E-state index < -0.39 is 28.5 Å². The van der Waals surface area contributed by atoms with Crippen molar-refractivity contribution in [2.45, 2.75) is 37.8 Å². The molecule has 11 heteroatoms. The van der Waals surface area contributed by atoms with E-state index in [1.165, 1.54) is 37.3 Å². The van der Waals surface area contributed by atoms with Crippen LogP contribution in [0.2, 0.25) is 5.02 Å². The second kappa shape index (κ2) is 14.0. The van der Waals surface area contributed by atoms with Crippen LogP contribution in [0, 0.1) is 0 Å². The van der Waals surface area contributed by atoms with Crippen molar-refractivity contribution in [1.29, 1.82) is 0 Å². The van der Waals surface area contributed by atoms with E-state index in [9.17, 15) is 18.0 Å². The van der Waals surface area contributed by atoms with Gasteiger partial charge in [-0.2, -0.15) is 0 Å². The minimum atomic E-state index is -4.25. The maximum absolute atomic E-state index is 14.1. The molecule has 0 saturated heterocycles. The van der Waals surface area contributed by atoms with Crippen molar-refractivity contribution >= 4 is 39.1 Å². The van der Waals surface area contributed by atoms with E-state index >= 15 is 0 Å². The summed E-state index contributed by atoms with van der Waals surface area (Å²) in [5.74, 6) is -0.294. The lowest BCUT2D eigenvalue weighted by molar-refractivity contribution is -0.140. The molecule has 0 aliphatic carbocycles. The summed E-state index contributed by atoms with van der Waals surface area (Å²) in [5.41, 5.74) is 0.855. The van der Waals surface area contributed by atoms with Gasteiger partial charge in [0.1, 0.15) is 24.1 Å². The third kappa shape index (κ3) is 7.25. The van der Waals surface area contributed by atoms with Crippen molar-refractivity contribution in [3.8, 4) is 11.5 Å². The molecule has 214 valence electrons. The predicted octanol–water partition coefficient (Wildman–Crippen LogP) is 4.50. The number of rotatable bonds is 13. The Balaban J connectivity index is 2.13. The third-order valence-corrected chi connectivity index (χ3v) is 8.29. The standard InChI is InChI=1S/C29H34ClN3O6S/c1-5-25(29(35)31-6-2)32(19-21-12-14-22(30)15-13-21)28(34)20-33(40(36,37)24-10-8-7-9-11-24)26-18-23(38-3)16-17-27(26)39-4/h7-18,25H,5-6,19-20H2,1-4H3,(H,31,35). The van der Waals surface area contributed by atoms with Gasteiger partial charge in [-0.25, -0.2) is 8.42 Å². The molecule has 0 radical (unpaired) electrons. The largest absolute Gasteiger partial charge is 0.497 e. The second-order valence-electron chi connectivity index (χ2n) is 8.83. The fourth-order valence-electron chi connectivity index (χ4n) is 4.22. The van der Waals surface area contributed by atoms with Gasteiger partial charge >= 0.3 is 0 Å². The van der Waals surface area contributed by atoms with Crippen LogP contribution in [-0.4, -0.2) is 58.5 Å². The van der Waals surface area contributed by atoms with E-state index in [1.807, 2.05) is 0 Å². The lowest BCUT2D eigenvalue weighted by Gasteiger charge is -2.33. The molecule has 1 N–H and O–H groups in total. The van der Waals surface area contributed by atoms with E-state index in [0.717, 1.165) is 9.87 Å². The number of carbonyl (C=O) groups excluding carboxylic acids is 2. The zero-order valence-electron chi connectivity index (χ0n) is 23.0. The molecule has 3 rings (SSSR count). The van der Waals surface area contributed by atoms with Gasteiger partial charge in [0.25, 0.3) is 10.0 Å². The van der Waals surface area contributed by atoms with Crippen molar-refractivity contribution in [2.75, 3.05) is 31.6 Å². The van der Waals surface area contributed by atoms with Crippen LogP contribution in [0.25, 0.3) is 0 Å². The average molecular weight is 588 g/mol. The number of anilines is 1. The lowest BCUT2D eigenvalue weighted by atomic mass is 10.1. The zero-order chi connectivity index (χ0) is 29.3. The zero-order valence-corrected chi connectivity index (χ0v) is 24.5. The number of nitrogens with zero attached hydrogens (tertiary/aromatic N) is 2.